The Morgan fingerprint density at radius 1 is 1.54 bits per heavy atom. The van der Waals surface area contributed by atoms with E-state index in [0.717, 1.165) is 23.5 Å². The number of allylic oxidation sites excluding steroid dienone is 1. The molecule has 0 heterocycles. The van der Waals surface area contributed by atoms with Crippen LogP contribution in [0.15, 0.2) is 30.9 Å². The summed E-state index contributed by atoms with van der Waals surface area (Å²) in [7, 11) is 0. The fourth-order valence-electron chi connectivity index (χ4n) is 1.43. The van der Waals surface area contributed by atoms with E-state index >= 15 is 0 Å². The molecule has 1 N–H and O–H groups in total. The molecular formula is C12H15O. The summed E-state index contributed by atoms with van der Waals surface area (Å²) in [6.07, 6.45) is 2.65. The number of phenolic OH excluding ortho intramolecular Hbond substituents is 1. The Kier molecular flexibility index (Phi) is 3.13. The Bertz CT molecular complexity index is 302. The third kappa shape index (κ3) is 1.92. The summed E-state index contributed by atoms with van der Waals surface area (Å²) < 4.78 is 0. The molecule has 0 spiro atoms. The van der Waals surface area contributed by atoms with Crippen molar-refractivity contribution in [3.63, 3.8) is 0 Å². The highest BCUT2D eigenvalue weighted by Gasteiger charge is 2.09. The van der Waals surface area contributed by atoms with E-state index in [1.807, 2.05) is 32.1 Å². The van der Waals surface area contributed by atoms with Crippen molar-refractivity contribution in [2.75, 3.05) is 0 Å². The second-order valence-corrected chi connectivity index (χ2v) is 3.04. The van der Waals surface area contributed by atoms with Gasteiger partial charge in [0.1, 0.15) is 5.75 Å². The van der Waals surface area contributed by atoms with Gasteiger partial charge < -0.3 is 5.11 Å². The molecule has 0 fully saturated rings. The van der Waals surface area contributed by atoms with Crippen LogP contribution in [0.1, 0.15) is 25.0 Å². The Labute approximate surface area is 79.7 Å². The van der Waals surface area contributed by atoms with Crippen LogP contribution in [0.4, 0.5) is 0 Å². The highest BCUT2D eigenvalue weighted by atomic mass is 16.3. The summed E-state index contributed by atoms with van der Waals surface area (Å²) in [5.41, 5.74) is 2.09. The molecule has 0 amide bonds. The Balaban J connectivity index is 3.19. The predicted molar refractivity (Wildman–Crippen MR) is 55.7 cm³/mol. The fourth-order valence-corrected chi connectivity index (χ4v) is 1.43. The number of aromatic hydroxyl groups is 1. The van der Waals surface area contributed by atoms with Gasteiger partial charge in [0.2, 0.25) is 0 Å². The van der Waals surface area contributed by atoms with Gasteiger partial charge in [-0.25, -0.2) is 0 Å². The lowest BCUT2D eigenvalue weighted by molar-refractivity contribution is 0.468. The molecule has 0 saturated carbocycles. The molecule has 0 unspecified atom stereocenters. The van der Waals surface area contributed by atoms with Crippen LogP contribution in [-0.2, 0) is 6.42 Å². The SMILES string of the molecule is C=C[C](C)c1cccc(O)c1CC. The van der Waals surface area contributed by atoms with Gasteiger partial charge >= 0.3 is 0 Å². The number of rotatable bonds is 3. The van der Waals surface area contributed by atoms with E-state index in [-0.39, 0.29) is 0 Å². The minimum Gasteiger partial charge on any atom is -0.508 e. The van der Waals surface area contributed by atoms with Crippen molar-refractivity contribution in [3.05, 3.63) is 47.9 Å². The summed E-state index contributed by atoms with van der Waals surface area (Å²) >= 11 is 0. The normalized spacial score (nSPS) is 10.4. The van der Waals surface area contributed by atoms with Crippen molar-refractivity contribution in [2.24, 2.45) is 0 Å². The quantitative estimate of drug-likeness (QED) is 0.748. The molecule has 1 aromatic rings. The van der Waals surface area contributed by atoms with Gasteiger partial charge in [-0.05, 0) is 23.6 Å². The number of phenols is 1. The maximum absolute atomic E-state index is 9.59. The average Bonchev–Trinajstić information content (AvgIpc) is 2.16. The standard InChI is InChI=1S/C12H15O/c1-4-9(3)11-7-6-8-12(13)10(11)5-2/h4,6-8,13H,1,5H2,2-3H3. The molecular weight excluding hydrogens is 160 g/mol. The molecule has 0 aliphatic carbocycles. The Morgan fingerprint density at radius 2 is 2.23 bits per heavy atom. The van der Waals surface area contributed by atoms with E-state index in [1.54, 1.807) is 6.07 Å². The summed E-state index contributed by atoms with van der Waals surface area (Å²) in [6.45, 7) is 7.76. The van der Waals surface area contributed by atoms with Crippen LogP contribution in [0, 0.1) is 5.92 Å². The van der Waals surface area contributed by atoms with Gasteiger partial charge in [-0.15, -0.1) is 6.58 Å². The van der Waals surface area contributed by atoms with Crippen molar-refractivity contribution >= 4 is 0 Å². The minimum absolute atomic E-state index is 0.376. The van der Waals surface area contributed by atoms with E-state index < -0.39 is 0 Å². The van der Waals surface area contributed by atoms with Crippen LogP contribution in [0.3, 0.4) is 0 Å². The molecule has 0 aliphatic rings. The molecule has 0 saturated heterocycles. The van der Waals surface area contributed by atoms with Crippen LogP contribution in [0.5, 0.6) is 5.75 Å². The first-order valence-corrected chi connectivity index (χ1v) is 4.48. The largest absolute Gasteiger partial charge is 0.508 e. The van der Waals surface area contributed by atoms with Gasteiger partial charge in [0, 0.05) is 5.92 Å². The maximum Gasteiger partial charge on any atom is 0.119 e. The average molecular weight is 175 g/mol. The van der Waals surface area contributed by atoms with Crippen molar-refractivity contribution in [2.45, 2.75) is 20.3 Å². The maximum atomic E-state index is 9.59. The van der Waals surface area contributed by atoms with Crippen LogP contribution >= 0.6 is 0 Å². The third-order valence-electron chi connectivity index (χ3n) is 2.24. The van der Waals surface area contributed by atoms with Crippen molar-refractivity contribution in [1.82, 2.24) is 0 Å². The number of hydrogen-bond acceptors (Lipinski definition) is 1. The summed E-state index contributed by atoms with van der Waals surface area (Å²) in [5.74, 6) is 1.48. The van der Waals surface area contributed by atoms with Gasteiger partial charge in [-0.3, -0.25) is 0 Å². The number of hydrogen-bond donors (Lipinski definition) is 1. The molecule has 1 rings (SSSR count). The molecule has 0 bridgehead atoms. The minimum atomic E-state index is 0.376. The van der Waals surface area contributed by atoms with Gasteiger partial charge in [0.25, 0.3) is 0 Å². The molecule has 69 valence electrons. The predicted octanol–water partition coefficient (Wildman–Crippen LogP) is 3.08. The molecule has 0 aliphatic heterocycles. The first-order valence-electron chi connectivity index (χ1n) is 4.48. The van der Waals surface area contributed by atoms with E-state index in [1.165, 1.54) is 0 Å². The van der Waals surface area contributed by atoms with Crippen molar-refractivity contribution < 1.29 is 5.11 Å². The lowest BCUT2D eigenvalue weighted by Crippen LogP contribution is -1.96. The molecule has 1 radical (unpaired) electrons. The molecule has 0 aromatic heterocycles. The highest BCUT2D eigenvalue weighted by Crippen LogP contribution is 2.27. The van der Waals surface area contributed by atoms with Crippen LogP contribution in [0.2, 0.25) is 0 Å². The lowest BCUT2D eigenvalue weighted by atomic mass is 9.94. The topological polar surface area (TPSA) is 20.2 Å². The Morgan fingerprint density at radius 3 is 2.77 bits per heavy atom. The molecule has 1 heteroatoms. The van der Waals surface area contributed by atoms with Gasteiger partial charge in [0.15, 0.2) is 0 Å². The fraction of sp³-hybridized carbons (Fsp3) is 0.250. The second-order valence-electron chi connectivity index (χ2n) is 3.04. The molecule has 1 nitrogen and oxygen atoms in total. The van der Waals surface area contributed by atoms with Crippen molar-refractivity contribution in [3.8, 4) is 5.75 Å². The summed E-state index contributed by atoms with van der Waals surface area (Å²) in [5, 5.41) is 9.59. The highest BCUT2D eigenvalue weighted by molar-refractivity contribution is 5.48. The molecule has 1 aromatic carbocycles. The zero-order valence-electron chi connectivity index (χ0n) is 8.17. The lowest BCUT2D eigenvalue weighted by Gasteiger charge is -2.12. The van der Waals surface area contributed by atoms with E-state index in [2.05, 4.69) is 6.58 Å². The number of benzene rings is 1. The van der Waals surface area contributed by atoms with Crippen LogP contribution < -0.4 is 0 Å². The van der Waals surface area contributed by atoms with E-state index in [4.69, 9.17) is 0 Å². The monoisotopic (exact) mass is 175 g/mol. The smallest absolute Gasteiger partial charge is 0.119 e. The van der Waals surface area contributed by atoms with Crippen LogP contribution in [-0.4, -0.2) is 5.11 Å². The van der Waals surface area contributed by atoms with Gasteiger partial charge in [-0.2, -0.15) is 0 Å². The summed E-state index contributed by atoms with van der Waals surface area (Å²) in [6, 6.07) is 5.59. The van der Waals surface area contributed by atoms with Gasteiger partial charge in [0.05, 0.1) is 0 Å². The van der Waals surface area contributed by atoms with Crippen LogP contribution in [0.25, 0.3) is 0 Å². The zero-order valence-corrected chi connectivity index (χ0v) is 8.17. The second kappa shape index (κ2) is 4.13. The first kappa shape index (κ1) is 9.85. The third-order valence-corrected chi connectivity index (χ3v) is 2.24. The zero-order chi connectivity index (χ0) is 9.84. The first-order chi connectivity index (χ1) is 6.20. The van der Waals surface area contributed by atoms with Crippen molar-refractivity contribution in [1.29, 1.82) is 0 Å². The van der Waals surface area contributed by atoms with E-state index in [0.29, 0.717) is 5.75 Å². The molecule has 0 atom stereocenters. The molecule has 13 heavy (non-hydrogen) atoms. The Hall–Kier alpha value is -1.24. The van der Waals surface area contributed by atoms with Gasteiger partial charge in [-0.1, -0.05) is 32.1 Å². The summed E-state index contributed by atoms with van der Waals surface area (Å²) in [4.78, 5) is 0. The van der Waals surface area contributed by atoms with E-state index in [9.17, 15) is 5.11 Å².